The normalized spacial score (nSPS) is 10.3. The number of sulfone groups is 2. The van der Waals surface area contributed by atoms with Crippen LogP contribution in [0.2, 0.25) is 15.2 Å². The van der Waals surface area contributed by atoms with Crippen molar-refractivity contribution in [2.45, 2.75) is 49.8 Å². The number of nitrogens with two attached hydrogens (primary N) is 2. The smallest absolute Gasteiger partial charge is 0.179 e. The average Bonchev–Trinajstić information content (AvgIpc) is 3.46. The predicted molar refractivity (Wildman–Crippen MR) is 312 cm³/mol. The Morgan fingerprint density at radius 2 is 0.951 bits per heavy atom. The number of aromatic nitrogens is 8. The molecule has 0 saturated heterocycles. The van der Waals surface area contributed by atoms with Crippen molar-refractivity contribution in [2.24, 2.45) is 0 Å². The van der Waals surface area contributed by atoms with Gasteiger partial charge in [0.15, 0.2) is 37.0 Å². The second kappa shape index (κ2) is 31.3. The summed E-state index contributed by atoms with van der Waals surface area (Å²) in [7, 11) is -6.76. The van der Waals surface area contributed by atoms with Crippen molar-refractivity contribution in [2.75, 3.05) is 39.9 Å². The Bertz CT molecular complexity index is 3970. The number of halogens is 3. The molecular formula is C54H49Cl3N16O7S2. The molecule has 0 amide bonds. The van der Waals surface area contributed by atoms with E-state index in [0.29, 0.717) is 90.9 Å². The second-order valence-corrected chi connectivity index (χ2v) is 21.4. The monoisotopic (exact) mass is 1200 g/mol. The first-order valence-electron chi connectivity index (χ1n) is 23.7. The summed E-state index contributed by atoms with van der Waals surface area (Å²) in [5, 5.41) is 35.9. The molecule has 8 rings (SSSR count). The lowest BCUT2D eigenvalue weighted by molar-refractivity contribution is 0.0980. The Morgan fingerprint density at radius 1 is 0.512 bits per heavy atom. The summed E-state index contributed by atoms with van der Waals surface area (Å²) in [6.07, 6.45) is 10.4. The molecule has 23 nitrogen and oxygen atoms in total. The molecule has 0 bridgehead atoms. The molecule has 7 N–H and O–H groups in total. The van der Waals surface area contributed by atoms with Crippen LogP contribution in [0.4, 0.5) is 46.4 Å². The standard InChI is InChI=1S/C20H18N6O3S.C14H11ClN4O.C8H7Cl2NO.C6H5N3.C6H8N2O2S/c1-3-16(27)14-12-23-19(26-18-8-4-6-13(11-21)24-18)10-15(14)25-20-17(30(2,28)29)7-5-9-22-20;1-2-12(20)10-8-17-14(6-11(10)15)19-13-5-3-4-9(7-16)18-13;1-2-7(12)5-4-11-8(10)3-6(5)9;7-4-5-2-1-3-6(8)9-5;1-11(9,10)5-3-2-4-8-6(5)7/h4-10,12H,3H2,1-2H3,(H2,22,23,24,25,26);3-6,8H,2H2,1H3,(H,17,18,19);3-4H,2H2,1H3;1-3H,(H2,8,9);2-4H,1H3,(H2,7,8). The van der Waals surface area contributed by atoms with Crippen molar-refractivity contribution in [1.29, 1.82) is 15.8 Å². The van der Waals surface area contributed by atoms with Gasteiger partial charge in [-0.1, -0.05) is 73.8 Å². The van der Waals surface area contributed by atoms with Crippen molar-refractivity contribution < 1.29 is 31.2 Å². The van der Waals surface area contributed by atoms with Crippen LogP contribution in [0.25, 0.3) is 0 Å². The van der Waals surface area contributed by atoms with E-state index >= 15 is 0 Å². The quantitative estimate of drug-likeness (QED) is 0.0499. The van der Waals surface area contributed by atoms with Gasteiger partial charge in [-0.05, 0) is 66.7 Å². The maximum atomic E-state index is 12.4. The van der Waals surface area contributed by atoms with E-state index in [0.717, 1.165) is 12.5 Å². The van der Waals surface area contributed by atoms with Crippen LogP contribution in [0.5, 0.6) is 0 Å². The van der Waals surface area contributed by atoms with Crippen LogP contribution < -0.4 is 27.4 Å². The van der Waals surface area contributed by atoms with Crippen LogP contribution in [-0.2, 0) is 19.7 Å². The second-order valence-electron chi connectivity index (χ2n) is 16.2. The van der Waals surface area contributed by atoms with E-state index in [4.69, 9.17) is 62.1 Å². The zero-order chi connectivity index (χ0) is 60.6. The zero-order valence-electron chi connectivity index (χ0n) is 44.1. The molecule has 0 aromatic carbocycles. The molecule has 0 aliphatic carbocycles. The Balaban J connectivity index is 0.000000239. The third-order valence-electron chi connectivity index (χ3n) is 10.2. The number of rotatable bonds is 14. The molecule has 420 valence electrons. The highest BCUT2D eigenvalue weighted by Gasteiger charge is 2.19. The van der Waals surface area contributed by atoms with Crippen molar-refractivity contribution >= 4 is 118 Å². The van der Waals surface area contributed by atoms with Gasteiger partial charge in [-0.15, -0.1) is 0 Å². The summed E-state index contributed by atoms with van der Waals surface area (Å²) in [4.78, 5) is 67.0. The van der Waals surface area contributed by atoms with Crippen LogP contribution in [0.1, 0.15) is 88.2 Å². The van der Waals surface area contributed by atoms with Gasteiger partial charge >= 0.3 is 0 Å². The molecule has 0 aliphatic heterocycles. The lowest BCUT2D eigenvalue weighted by atomic mass is 10.1. The molecule has 8 aromatic heterocycles. The number of nitriles is 3. The number of anilines is 8. The number of carbonyl (C=O) groups excluding carboxylic acids is 3. The zero-order valence-corrected chi connectivity index (χ0v) is 48.0. The Labute approximate surface area is 487 Å². The number of nitrogens with one attached hydrogen (secondary N) is 3. The van der Waals surface area contributed by atoms with Crippen LogP contribution >= 0.6 is 34.8 Å². The number of nitrogen functional groups attached to an aromatic ring is 2. The molecule has 82 heavy (non-hydrogen) atoms. The van der Waals surface area contributed by atoms with E-state index in [1.54, 1.807) is 87.5 Å². The molecular weight excluding hydrogens is 1160 g/mol. The van der Waals surface area contributed by atoms with Crippen LogP contribution in [0.3, 0.4) is 0 Å². The minimum absolute atomic E-state index is 0.00890. The highest BCUT2D eigenvalue weighted by atomic mass is 35.5. The predicted octanol–water partition coefficient (Wildman–Crippen LogP) is 10.1. The van der Waals surface area contributed by atoms with Crippen LogP contribution in [0, 0.1) is 34.0 Å². The largest absolute Gasteiger partial charge is 0.384 e. The van der Waals surface area contributed by atoms with Crippen molar-refractivity contribution in [3.63, 3.8) is 0 Å². The number of hydrogen-bond acceptors (Lipinski definition) is 23. The van der Waals surface area contributed by atoms with Gasteiger partial charge in [0.2, 0.25) is 0 Å². The Kier molecular flexibility index (Phi) is 24.8. The van der Waals surface area contributed by atoms with Gasteiger partial charge in [-0.3, -0.25) is 14.4 Å². The fraction of sp³-hybridized carbons (Fsp3) is 0.148. The summed E-state index contributed by atoms with van der Waals surface area (Å²) in [6, 6.07) is 31.2. The van der Waals surface area contributed by atoms with E-state index in [9.17, 15) is 31.2 Å². The fourth-order valence-electron chi connectivity index (χ4n) is 6.27. The molecule has 28 heteroatoms. The number of ketones is 3. The lowest BCUT2D eigenvalue weighted by Crippen LogP contribution is -2.09. The van der Waals surface area contributed by atoms with Crippen molar-refractivity contribution in [3.05, 3.63) is 177 Å². The van der Waals surface area contributed by atoms with Gasteiger partial charge in [0.05, 0.1) is 32.4 Å². The number of carbonyl (C=O) groups is 3. The van der Waals surface area contributed by atoms with E-state index in [1.807, 2.05) is 18.2 Å². The third-order valence-corrected chi connectivity index (χ3v) is 13.3. The molecule has 0 saturated carbocycles. The Hall–Kier alpha value is -9.55. The maximum Gasteiger partial charge on any atom is 0.179 e. The molecule has 0 spiro atoms. The fourth-order valence-corrected chi connectivity index (χ4v) is 8.54. The minimum Gasteiger partial charge on any atom is -0.384 e. The first kappa shape index (κ1) is 65.0. The number of Topliss-reactive ketones (excluding diaryl/α,β-unsaturated/α-hetero) is 3. The molecule has 8 heterocycles. The van der Waals surface area contributed by atoms with Crippen molar-refractivity contribution in [3.8, 4) is 18.2 Å². The van der Waals surface area contributed by atoms with Gasteiger partial charge in [0, 0.05) is 74.9 Å². The van der Waals surface area contributed by atoms with Gasteiger partial charge in [-0.25, -0.2) is 56.7 Å². The number of pyridine rings is 8. The molecule has 8 aromatic rings. The summed E-state index contributed by atoms with van der Waals surface area (Å²) < 4.78 is 46.0. The lowest BCUT2D eigenvalue weighted by Gasteiger charge is -2.14. The summed E-state index contributed by atoms with van der Waals surface area (Å²) in [5.74, 6) is 1.99. The first-order valence-corrected chi connectivity index (χ1v) is 28.7. The molecule has 0 fully saturated rings. The van der Waals surface area contributed by atoms with Gasteiger partial charge < -0.3 is 27.4 Å². The topological polar surface area (TPSA) is 382 Å². The van der Waals surface area contributed by atoms with Gasteiger partial charge in [0.1, 0.15) is 91.0 Å². The molecule has 0 unspecified atom stereocenters. The van der Waals surface area contributed by atoms with E-state index in [-0.39, 0.29) is 50.9 Å². The molecule has 0 atom stereocenters. The molecule has 0 radical (unpaired) electrons. The SMILES string of the molecule is CCC(=O)c1cnc(Cl)cc1Cl.CCC(=O)c1cnc(Nc2cccc(C#N)n2)cc1Cl.CCC(=O)c1cnc(Nc2cccc(C#N)n2)cc1Nc1ncccc1S(C)(=O)=O.CS(=O)(=O)c1cccnc1N.N#Cc1cccc(N)n1. The summed E-state index contributed by atoms with van der Waals surface area (Å²) >= 11 is 17.4. The van der Waals surface area contributed by atoms with Crippen LogP contribution in [-0.4, -0.2) is 86.6 Å². The third kappa shape index (κ3) is 20.3. The number of nitrogens with zero attached hydrogens (tertiary/aromatic N) is 11. The highest BCUT2D eigenvalue weighted by Crippen LogP contribution is 2.29. The van der Waals surface area contributed by atoms with Gasteiger partial charge in [-0.2, -0.15) is 15.8 Å². The van der Waals surface area contributed by atoms with Gasteiger partial charge in [0.25, 0.3) is 0 Å². The van der Waals surface area contributed by atoms with Crippen LogP contribution in [0.15, 0.2) is 138 Å². The highest BCUT2D eigenvalue weighted by molar-refractivity contribution is 7.91. The van der Waals surface area contributed by atoms with E-state index < -0.39 is 19.7 Å². The summed E-state index contributed by atoms with van der Waals surface area (Å²) in [5.41, 5.74) is 13.0. The van der Waals surface area contributed by atoms with Crippen molar-refractivity contribution in [1.82, 2.24) is 39.9 Å². The number of hydrogen-bond donors (Lipinski definition) is 5. The average molecular weight is 1200 g/mol. The molecule has 0 aliphatic rings. The van der Waals surface area contributed by atoms with E-state index in [2.05, 4.69) is 55.8 Å². The van der Waals surface area contributed by atoms with E-state index in [1.165, 1.54) is 61.3 Å². The minimum atomic E-state index is -3.54. The Morgan fingerprint density at radius 3 is 1.39 bits per heavy atom. The maximum absolute atomic E-state index is 12.4. The first-order chi connectivity index (χ1) is 38.9. The summed E-state index contributed by atoms with van der Waals surface area (Å²) in [6.45, 7) is 5.26.